The van der Waals surface area contributed by atoms with Crippen molar-refractivity contribution < 1.29 is 23.7 Å². The first-order chi connectivity index (χ1) is 7.68. The number of hydrogen-bond acceptors (Lipinski definition) is 5. The van der Waals surface area contributed by atoms with Crippen molar-refractivity contribution in [3.05, 3.63) is 0 Å². The fourth-order valence-corrected chi connectivity index (χ4v) is 1.35. The second-order valence-electron chi connectivity index (χ2n) is 3.92. The van der Waals surface area contributed by atoms with E-state index in [1.807, 2.05) is 0 Å². The molecule has 0 amide bonds. The summed E-state index contributed by atoms with van der Waals surface area (Å²) in [5, 5.41) is 0. The maximum Gasteiger partial charge on any atom is 0.508 e. The van der Waals surface area contributed by atoms with Gasteiger partial charge in [-0.25, -0.2) is 4.79 Å². The first-order valence-electron chi connectivity index (χ1n) is 4.86. The fraction of sp³-hybridized carbons (Fsp3) is 0.889. The predicted molar refractivity (Wildman–Crippen MR) is 62.5 cm³/mol. The highest BCUT2D eigenvalue weighted by Gasteiger charge is 2.33. The van der Waals surface area contributed by atoms with Gasteiger partial charge >= 0.3 is 6.16 Å². The van der Waals surface area contributed by atoms with Crippen LogP contribution < -0.4 is 0 Å². The zero-order valence-electron chi connectivity index (χ0n) is 9.37. The molecule has 5 nitrogen and oxygen atoms in total. The van der Waals surface area contributed by atoms with Crippen molar-refractivity contribution in [1.82, 2.24) is 0 Å². The van der Waals surface area contributed by atoms with Gasteiger partial charge in [0.25, 0.3) is 0 Å². The molecule has 100 valence electrons. The maximum atomic E-state index is 11.1. The van der Waals surface area contributed by atoms with Crippen molar-refractivity contribution in [2.45, 2.75) is 29.5 Å². The van der Waals surface area contributed by atoms with Crippen molar-refractivity contribution in [3.63, 3.8) is 0 Å². The van der Waals surface area contributed by atoms with E-state index in [2.05, 4.69) is 4.74 Å². The molecule has 1 unspecified atom stereocenters. The van der Waals surface area contributed by atoms with Crippen LogP contribution in [0.25, 0.3) is 0 Å². The molecule has 1 aliphatic rings. The fourth-order valence-electron chi connectivity index (χ4n) is 1.19. The molecule has 0 N–H and O–H groups in total. The Morgan fingerprint density at radius 3 is 2.53 bits per heavy atom. The standard InChI is InChI=1S/C9H13Cl3O5/c1-8(2)16-4-6(17-8)3-14-7(13)15-5-9(10,11)12/h6H,3-5H2,1-2H3. The van der Waals surface area contributed by atoms with Crippen LogP contribution in [0.4, 0.5) is 4.79 Å². The molecule has 1 saturated heterocycles. The molecule has 0 radical (unpaired) electrons. The molecular formula is C9H13Cl3O5. The molecule has 1 rings (SSSR count). The SMILES string of the molecule is CC1(C)OCC(COC(=O)OCC(Cl)(Cl)Cl)O1. The summed E-state index contributed by atoms with van der Waals surface area (Å²) in [6.07, 6.45) is -1.23. The van der Waals surface area contributed by atoms with Gasteiger partial charge in [-0.15, -0.1) is 0 Å². The molecule has 0 aromatic heterocycles. The highest BCUT2D eigenvalue weighted by molar-refractivity contribution is 6.67. The van der Waals surface area contributed by atoms with Crippen molar-refractivity contribution in [2.75, 3.05) is 19.8 Å². The highest BCUT2D eigenvalue weighted by Crippen LogP contribution is 2.26. The first kappa shape index (κ1) is 15.1. The van der Waals surface area contributed by atoms with Gasteiger partial charge in [-0.3, -0.25) is 0 Å². The Labute approximate surface area is 114 Å². The van der Waals surface area contributed by atoms with E-state index in [4.69, 9.17) is 49.0 Å². The third-order valence-corrected chi connectivity index (χ3v) is 2.14. The molecule has 8 heteroatoms. The summed E-state index contributed by atoms with van der Waals surface area (Å²) in [6.45, 7) is 3.55. The highest BCUT2D eigenvalue weighted by atomic mass is 35.6. The number of carbonyl (C=O) groups excluding carboxylic acids is 1. The lowest BCUT2D eigenvalue weighted by molar-refractivity contribution is -0.143. The quantitative estimate of drug-likeness (QED) is 0.592. The summed E-state index contributed by atoms with van der Waals surface area (Å²) in [5.41, 5.74) is 0. The molecule has 0 aromatic carbocycles. The van der Waals surface area contributed by atoms with Crippen molar-refractivity contribution in [3.8, 4) is 0 Å². The zero-order chi connectivity index (χ0) is 13.1. The number of rotatable bonds is 3. The molecule has 0 aromatic rings. The molecular weight excluding hydrogens is 294 g/mol. The first-order valence-corrected chi connectivity index (χ1v) is 5.99. The lowest BCUT2D eigenvalue weighted by Crippen LogP contribution is -2.26. The van der Waals surface area contributed by atoms with Crippen LogP contribution in [0.3, 0.4) is 0 Å². The minimum absolute atomic E-state index is 0.0299. The van der Waals surface area contributed by atoms with Crippen LogP contribution in [0.1, 0.15) is 13.8 Å². The van der Waals surface area contributed by atoms with E-state index in [9.17, 15) is 4.79 Å². The van der Waals surface area contributed by atoms with Gasteiger partial charge in [0, 0.05) is 0 Å². The summed E-state index contributed by atoms with van der Waals surface area (Å²) >= 11 is 16.2. The lowest BCUT2D eigenvalue weighted by atomic mass is 10.4. The minimum Gasteiger partial charge on any atom is -0.431 e. The van der Waals surface area contributed by atoms with Crippen LogP contribution in [0.5, 0.6) is 0 Å². The molecule has 0 aliphatic carbocycles. The predicted octanol–water partition coefficient (Wildman–Crippen LogP) is 2.66. The molecule has 1 atom stereocenters. The average molecular weight is 308 g/mol. The van der Waals surface area contributed by atoms with Crippen LogP contribution in [0, 0.1) is 0 Å². The van der Waals surface area contributed by atoms with E-state index < -0.39 is 15.7 Å². The van der Waals surface area contributed by atoms with Gasteiger partial charge in [-0.1, -0.05) is 34.8 Å². The summed E-state index contributed by atoms with van der Waals surface area (Å²) in [5.74, 6) is -0.657. The third kappa shape index (κ3) is 6.52. The number of alkyl halides is 3. The Bertz CT molecular complexity index is 276. The van der Waals surface area contributed by atoms with Crippen LogP contribution >= 0.6 is 34.8 Å². The molecule has 1 aliphatic heterocycles. The minimum atomic E-state index is -1.64. The zero-order valence-corrected chi connectivity index (χ0v) is 11.6. The monoisotopic (exact) mass is 306 g/mol. The molecule has 17 heavy (non-hydrogen) atoms. The van der Waals surface area contributed by atoms with Gasteiger partial charge in [-0.2, -0.15) is 0 Å². The molecule has 1 fully saturated rings. The molecule has 0 saturated carbocycles. The maximum absolute atomic E-state index is 11.1. The summed E-state index contributed by atoms with van der Waals surface area (Å²) in [7, 11) is 0. The van der Waals surface area contributed by atoms with E-state index >= 15 is 0 Å². The Balaban J connectivity index is 2.17. The van der Waals surface area contributed by atoms with Crippen LogP contribution in [-0.2, 0) is 18.9 Å². The van der Waals surface area contributed by atoms with E-state index in [0.29, 0.717) is 6.61 Å². The van der Waals surface area contributed by atoms with E-state index in [1.54, 1.807) is 13.8 Å². The Morgan fingerprint density at radius 2 is 2.06 bits per heavy atom. The van der Waals surface area contributed by atoms with Gasteiger partial charge < -0.3 is 18.9 Å². The summed E-state index contributed by atoms with van der Waals surface area (Å²) in [6, 6.07) is 0. The lowest BCUT2D eigenvalue weighted by Gasteiger charge is -2.17. The van der Waals surface area contributed by atoms with Crippen LogP contribution in [-0.4, -0.2) is 41.7 Å². The number of halogens is 3. The second kappa shape index (κ2) is 5.80. The van der Waals surface area contributed by atoms with Crippen LogP contribution in [0.15, 0.2) is 0 Å². The number of carbonyl (C=O) groups is 1. The van der Waals surface area contributed by atoms with E-state index in [1.165, 1.54) is 0 Å². The van der Waals surface area contributed by atoms with Gasteiger partial charge in [0.05, 0.1) is 6.61 Å². The number of ether oxygens (including phenoxy) is 4. The second-order valence-corrected chi connectivity index (χ2v) is 6.43. The Kier molecular flexibility index (Phi) is 5.16. The Hall–Kier alpha value is 0.0600. The third-order valence-electron chi connectivity index (χ3n) is 1.81. The summed E-state index contributed by atoms with van der Waals surface area (Å²) < 4.78 is 18.4. The van der Waals surface area contributed by atoms with Gasteiger partial charge in [-0.05, 0) is 13.8 Å². The smallest absolute Gasteiger partial charge is 0.431 e. The normalized spacial score (nSPS) is 23.5. The van der Waals surface area contributed by atoms with Crippen molar-refractivity contribution in [1.29, 1.82) is 0 Å². The van der Waals surface area contributed by atoms with Crippen molar-refractivity contribution >= 4 is 41.0 Å². The van der Waals surface area contributed by atoms with E-state index in [0.717, 1.165) is 0 Å². The topological polar surface area (TPSA) is 54.0 Å². The van der Waals surface area contributed by atoms with E-state index in [-0.39, 0.29) is 19.3 Å². The Morgan fingerprint density at radius 1 is 1.41 bits per heavy atom. The molecule has 1 heterocycles. The molecule has 0 bridgehead atoms. The largest absolute Gasteiger partial charge is 0.508 e. The van der Waals surface area contributed by atoms with Gasteiger partial charge in [0.2, 0.25) is 3.79 Å². The average Bonchev–Trinajstić information content (AvgIpc) is 2.51. The molecule has 0 spiro atoms. The number of hydrogen-bond donors (Lipinski definition) is 0. The van der Waals surface area contributed by atoms with Crippen molar-refractivity contribution in [2.24, 2.45) is 0 Å². The van der Waals surface area contributed by atoms with Gasteiger partial charge in [0.1, 0.15) is 19.3 Å². The van der Waals surface area contributed by atoms with Gasteiger partial charge in [0.15, 0.2) is 5.79 Å². The summed E-state index contributed by atoms with van der Waals surface area (Å²) in [4.78, 5) is 11.1. The van der Waals surface area contributed by atoms with Crippen LogP contribution in [0.2, 0.25) is 0 Å².